The molecule has 0 aliphatic carbocycles. The molecule has 3 aromatic rings. The van der Waals surface area contributed by atoms with Crippen LogP contribution in [-0.4, -0.2) is 14.7 Å². The number of rotatable bonds is 3. The molecule has 3 heteroatoms. The molecular formula is C16H16N2O. The minimum atomic E-state index is -0.463. The van der Waals surface area contributed by atoms with Crippen LogP contribution in [0.5, 0.6) is 0 Å². The van der Waals surface area contributed by atoms with Gasteiger partial charge in [0.2, 0.25) is 0 Å². The van der Waals surface area contributed by atoms with Crippen molar-refractivity contribution in [3.8, 4) is 0 Å². The van der Waals surface area contributed by atoms with Crippen molar-refractivity contribution in [3.63, 3.8) is 0 Å². The molecule has 0 fully saturated rings. The average molecular weight is 252 g/mol. The second kappa shape index (κ2) is 4.86. The van der Waals surface area contributed by atoms with Crippen LogP contribution >= 0.6 is 0 Å². The summed E-state index contributed by atoms with van der Waals surface area (Å²) in [6.45, 7) is 2.46. The maximum absolute atomic E-state index is 9.70. The van der Waals surface area contributed by atoms with Gasteiger partial charge in [-0.05, 0) is 31.2 Å². The molecule has 0 saturated carbocycles. The molecule has 0 spiro atoms. The maximum Gasteiger partial charge on any atom is 0.0911 e. The van der Waals surface area contributed by atoms with Crippen molar-refractivity contribution < 1.29 is 5.11 Å². The van der Waals surface area contributed by atoms with Gasteiger partial charge in [0.25, 0.3) is 0 Å². The molecule has 0 amide bonds. The molecule has 1 unspecified atom stereocenters. The van der Waals surface area contributed by atoms with Gasteiger partial charge in [-0.25, -0.2) is 0 Å². The van der Waals surface area contributed by atoms with Crippen molar-refractivity contribution >= 4 is 10.9 Å². The lowest BCUT2D eigenvalue weighted by Gasteiger charge is -2.11. The van der Waals surface area contributed by atoms with Gasteiger partial charge in [0.05, 0.1) is 23.9 Å². The standard InChI is InChI=1S/C16H16N2O/c1-12(19)16-7-4-10-18(16)11-14-9-8-13-5-2-3-6-15(13)17-14/h2-10,12,19H,11H2,1H3. The summed E-state index contributed by atoms with van der Waals surface area (Å²) in [5.41, 5.74) is 2.91. The lowest BCUT2D eigenvalue weighted by atomic mass is 10.2. The zero-order valence-electron chi connectivity index (χ0n) is 10.8. The highest BCUT2D eigenvalue weighted by atomic mass is 16.3. The summed E-state index contributed by atoms with van der Waals surface area (Å²) in [7, 11) is 0. The summed E-state index contributed by atoms with van der Waals surface area (Å²) in [5.74, 6) is 0. The Hall–Kier alpha value is -2.13. The fourth-order valence-electron chi connectivity index (χ4n) is 2.32. The Bertz CT molecular complexity index is 701. The van der Waals surface area contributed by atoms with E-state index >= 15 is 0 Å². The molecule has 1 N–H and O–H groups in total. The Kier molecular flexibility index (Phi) is 3.05. The number of hydrogen-bond donors (Lipinski definition) is 1. The predicted octanol–water partition coefficient (Wildman–Crippen LogP) is 3.14. The quantitative estimate of drug-likeness (QED) is 0.777. The number of para-hydroxylation sites is 1. The number of benzene rings is 1. The molecule has 0 radical (unpaired) electrons. The van der Waals surface area contributed by atoms with Gasteiger partial charge < -0.3 is 9.67 Å². The molecule has 3 rings (SSSR count). The summed E-state index contributed by atoms with van der Waals surface area (Å²) in [4.78, 5) is 4.65. The molecule has 2 aromatic heterocycles. The number of pyridine rings is 1. The van der Waals surface area contributed by atoms with E-state index in [1.165, 1.54) is 0 Å². The SMILES string of the molecule is CC(O)c1cccn1Cc1ccc2ccccc2n1. The topological polar surface area (TPSA) is 38.0 Å². The molecule has 1 atom stereocenters. The molecule has 0 aliphatic rings. The minimum Gasteiger partial charge on any atom is -0.387 e. The molecule has 96 valence electrons. The number of nitrogens with zero attached hydrogens (tertiary/aromatic N) is 2. The molecule has 2 heterocycles. The molecular weight excluding hydrogens is 236 g/mol. The average Bonchev–Trinajstić information content (AvgIpc) is 2.87. The summed E-state index contributed by atoms with van der Waals surface area (Å²) < 4.78 is 2.03. The van der Waals surface area contributed by atoms with Crippen molar-refractivity contribution in [3.05, 3.63) is 66.1 Å². The molecule has 0 bridgehead atoms. The molecule has 0 saturated heterocycles. The van der Waals surface area contributed by atoms with Crippen LogP contribution in [0, 0.1) is 0 Å². The molecule has 3 nitrogen and oxygen atoms in total. The maximum atomic E-state index is 9.70. The van der Waals surface area contributed by atoms with Crippen LogP contribution < -0.4 is 0 Å². The van der Waals surface area contributed by atoms with Gasteiger partial charge in [-0.2, -0.15) is 0 Å². The molecule has 0 aliphatic heterocycles. The van der Waals surface area contributed by atoms with Crippen LogP contribution in [0.1, 0.15) is 24.4 Å². The number of aromatic nitrogens is 2. The van der Waals surface area contributed by atoms with Crippen LogP contribution in [0.15, 0.2) is 54.7 Å². The van der Waals surface area contributed by atoms with E-state index in [9.17, 15) is 5.11 Å². The highest BCUT2D eigenvalue weighted by Crippen LogP contribution is 2.16. The highest BCUT2D eigenvalue weighted by molar-refractivity contribution is 5.78. The number of fused-ring (bicyclic) bond motifs is 1. The van der Waals surface area contributed by atoms with Gasteiger partial charge in [0.1, 0.15) is 0 Å². The van der Waals surface area contributed by atoms with Crippen molar-refractivity contribution in [2.75, 3.05) is 0 Å². The third-order valence-electron chi connectivity index (χ3n) is 3.28. The first-order chi connectivity index (χ1) is 9.24. The van der Waals surface area contributed by atoms with E-state index in [2.05, 4.69) is 17.1 Å². The van der Waals surface area contributed by atoms with Gasteiger partial charge in [-0.15, -0.1) is 0 Å². The second-order valence-corrected chi connectivity index (χ2v) is 4.73. The van der Waals surface area contributed by atoms with Crippen LogP contribution in [0.25, 0.3) is 10.9 Å². The van der Waals surface area contributed by atoms with Crippen molar-refractivity contribution in [2.45, 2.75) is 19.6 Å². The first kappa shape index (κ1) is 11.9. The fraction of sp³-hybridized carbons (Fsp3) is 0.188. The second-order valence-electron chi connectivity index (χ2n) is 4.73. The first-order valence-corrected chi connectivity index (χ1v) is 6.42. The van der Waals surface area contributed by atoms with Crippen molar-refractivity contribution in [1.82, 2.24) is 9.55 Å². The van der Waals surface area contributed by atoms with Crippen LogP contribution in [-0.2, 0) is 6.54 Å². The number of aliphatic hydroxyl groups excluding tert-OH is 1. The zero-order chi connectivity index (χ0) is 13.2. The first-order valence-electron chi connectivity index (χ1n) is 6.42. The van der Waals surface area contributed by atoms with Gasteiger partial charge in [-0.1, -0.05) is 24.3 Å². The Labute approximate surface area is 112 Å². The van der Waals surface area contributed by atoms with Gasteiger partial charge in [0.15, 0.2) is 0 Å². The Balaban J connectivity index is 1.94. The predicted molar refractivity (Wildman–Crippen MR) is 75.9 cm³/mol. The van der Waals surface area contributed by atoms with Gasteiger partial charge in [0, 0.05) is 17.3 Å². The van der Waals surface area contributed by atoms with Crippen LogP contribution in [0.2, 0.25) is 0 Å². The van der Waals surface area contributed by atoms with E-state index in [0.29, 0.717) is 6.54 Å². The van der Waals surface area contributed by atoms with E-state index in [-0.39, 0.29) is 0 Å². The van der Waals surface area contributed by atoms with Crippen LogP contribution in [0.3, 0.4) is 0 Å². The van der Waals surface area contributed by atoms with Crippen molar-refractivity contribution in [1.29, 1.82) is 0 Å². The third kappa shape index (κ3) is 2.37. The summed E-state index contributed by atoms with van der Waals surface area (Å²) in [6, 6.07) is 16.1. The summed E-state index contributed by atoms with van der Waals surface area (Å²) in [5, 5.41) is 10.8. The normalized spacial score (nSPS) is 12.7. The smallest absolute Gasteiger partial charge is 0.0911 e. The monoisotopic (exact) mass is 252 g/mol. The van der Waals surface area contributed by atoms with E-state index in [1.54, 1.807) is 6.92 Å². The summed E-state index contributed by atoms with van der Waals surface area (Å²) in [6.07, 6.45) is 1.51. The summed E-state index contributed by atoms with van der Waals surface area (Å²) >= 11 is 0. The fourth-order valence-corrected chi connectivity index (χ4v) is 2.32. The lowest BCUT2D eigenvalue weighted by molar-refractivity contribution is 0.189. The minimum absolute atomic E-state index is 0.463. The number of hydrogen-bond acceptors (Lipinski definition) is 2. The zero-order valence-corrected chi connectivity index (χ0v) is 10.8. The van der Waals surface area contributed by atoms with Gasteiger partial charge >= 0.3 is 0 Å². The van der Waals surface area contributed by atoms with E-state index in [1.807, 2.05) is 47.2 Å². The largest absolute Gasteiger partial charge is 0.387 e. The Morgan fingerprint density at radius 1 is 1.11 bits per heavy atom. The third-order valence-corrected chi connectivity index (χ3v) is 3.28. The Morgan fingerprint density at radius 2 is 1.95 bits per heavy atom. The Morgan fingerprint density at radius 3 is 2.79 bits per heavy atom. The molecule has 19 heavy (non-hydrogen) atoms. The van der Waals surface area contributed by atoms with E-state index < -0.39 is 6.10 Å². The lowest BCUT2D eigenvalue weighted by Crippen LogP contribution is -2.07. The number of aliphatic hydroxyl groups is 1. The van der Waals surface area contributed by atoms with Crippen LogP contribution in [0.4, 0.5) is 0 Å². The molecule has 1 aromatic carbocycles. The van der Waals surface area contributed by atoms with E-state index in [4.69, 9.17) is 0 Å². The van der Waals surface area contributed by atoms with Crippen molar-refractivity contribution in [2.24, 2.45) is 0 Å². The van der Waals surface area contributed by atoms with Gasteiger partial charge in [-0.3, -0.25) is 4.98 Å². The highest BCUT2D eigenvalue weighted by Gasteiger charge is 2.07. The van der Waals surface area contributed by atoms with E-state index in [0.717, 1.165) is 22.3 Å².